The summed E-state index contributed by atoms with van der Waals surface area (Å²) in [6.45, 7) is 0. The molecule has 1 unspecified atom stereocenters. The molecule has 6 heteroatoms. The molecule has 1 atom stereocenters. The second kappa shape index (κ2) is 6.99. The summed E-state index contributed by atoms with van der Waals surface area (Å²) in [5, 5.41) is 3.47. The molecule has 1 aromatic carbocycles. The Bertz CT molecular complexity index is 476. The highest BCUT2D eigenvalue weighted by atomic mass is 79.9. The molecule has 0 amide bonds. The molecule has 1 N–H and O–H groups in total. The number of esters is 1. The molecule has 1 aliphatic heterocycles. The Morgan fingerprint density at radius 3 is 2.89 bits per heavy atom. The smallest absolute Gasteiger partial charge is 0.340 e. The highest BCUT2D eigenvalue weighted by molar-refractivity contribution is 9.11. The van der Waals surface area contributed by atoms with Gasteiger partial charge in [0.2, 0.25) is 0 Å². The Balaban J connectivity index is 2.28. The third kappa shape index (κ3) is 3.89. The van der Waals surface area contributed by atoms with E-state index in [9.17, 15) is 4.79 Å². The lowest BCUT2D eigenvalue weighted by Crippen LogP contribution is -2.27. The molecule has 0 bridgehead atoms. The number of ether oxygens (including phenoxy) is 1. The second-order valence-electron chi connectivity index (χ2n) is 4.36. The van der Waals surface area contributed by atoms with Crippen molar-refractivity contribution < 1.29 is 9.53 Å². The van der Waals surface area contributed by atoms with Crippen LogP contribution in [0.2, 0.25) is 0 Å². The average molecular weight is 409 g/mol. The van der Waals surface area contributed by atoms with E-state index in [0.29, 0.717) is 11.6 Å². The van der Waals surface area contributed by atoms with Crippen LogP contribution in [0.5, 0.6) is 0 Å². The first-order valence-electron chi connectivity index (χ1n) is 6.03. The molecular weight excluding hydrogens is 394 g/mol. The molecule has 1 saturated heterocycles. The van der Waals surface area contributed by atoms with Crippen molar-refractivity contribution in [2.24, 2.45) is 0 Å². The second-order valence-corrected chi connectivity index (χ2v) is 7.28. The minimum Gasteiger partial charge on any atom is -0.465 e. The lowest BCUT2D eigenvalue weighted by molar-refractivity contribution is 0.0601. The van der Waals surface area contributed by atoms with Gasteiger partial charge in [0.05, 0.1) is 18.4 Å². The number of hydrogen-bond donors (Lipinski definition) is 1. The van der Waals surface area contributed by atoms with Gasteiger partial charge in [-0.15, -0.1) is 0 Å². The molecular formula is C13H15Br2NO2S. The van der Waals surface area contributed by atoms with Crippen LogP contribution < -0.4 is 5.32 Å². The van der Waals surface area contributed by atoms with Gasteiger partial charge < -0.3 is 10.1 Å². The number of halogens is 2. The summed E-state index contributed by atoms with van der Waals surface area (Å²) in [6.07, 6.45) is 2.35. The van der Waals surface area contributed by atoms with Crippen molar-refractivity contribution in [3.8, 4) is 0 Å². The quantitative estimate of drug-likeness (QED) is 0.756. The van der Waals surface area contributed by atoms with Gasteiger partial charge in [-0.2, -0.15) is 11.8 Å². The van der Waals surface area contributed by atoms with Gasteiger partial charge >= 0.3 is 5.97 Å². The topological polar surface area (TPSA) is 38.3 Å². The van der Waals surface area contributed by atoms with Gasteiger partial charge in [0, 0.05) is 20.7 Å². The van der Waals surface area contributed by atoms with Gasteiger partial charge in [-0.3, -0.25) is 0 Å². The van der Waals surface area contributed by atoms with Crippen molar-refractivity contribution in [3.63, 3.8) is 0 Å². The Labute approximate surface area is 134 Å². The largest absolute Gasteiger partial charge is 0.465 e. The Hall–Kier alpha value is -0.200. The molecule has 0 saturated carbocycles. The molecule has 104 valence electrons. The number of nitrogens with one attached hydrogen (secondary N) is 1. The van der Waals surface area contributed by atoms with Gasteiger partial charge in [0.1, 0.15) is 0 Å². The number of methoxy groups -OCH3 is 1. The number of carbonyl (C=O) groups excluding carboxylic acids is 1. The first-order valence-corrected chi connectivity index (χ1v) is 8.77. The standard InChI is InChI=1S/C13H15Br2NO2S/c1-18-13(17)10-5-8(14)6-11(15)12(10)16-9-3-2-4-19-7-9/h5-6,9,16H,2-4,7H2,1H3. The van der Waals surface area contributed by atoms with Crippen LogP contribution in [-0.2, 0) is 4.74 Å². The van der Waals surface area contributed by atoms with E-state index in [-0.39, 0.29) is 5.97 Å². The summed E-state index contributed by atoms with van der Waals surface area (Å²) in [4.78, 5) is 11.9. The Morgan fingerprint density at radius 1 is 1.47 bits per heavy atom. The van der Waals surface area contributed by atoms with Crippen molar-refractivity contribution in [3.05, 3.63) is 26.6 Å². The van der Waals surface area contributed by atoms with Crippen molar-refractivity contribution in [2.45, 2.75) is 18.9 Å². The molecule has 0 radical (unpaired) electrons. The third-order valence-corrected chi connectivity index (χ3v) is 5.27. The fraction of sp³-hybridized carbons (Fsp3) is 0.462. The number of rotatable bonds is 3. The molecule has 1 aliphatic rings. The van der Waals surface area contributed by atoms with E-state index in [2.05, 4.69) is 37.2 Å². The predicted molar refractivity (Wildman–Crippen MR) is 87.2 cm³/mol. The molecule has 0 spiro atoms. The van der Waals surface area contributed by atoms with E-state index >= 15 is 0 Å². The summed E-state index contributed by atoms with van der Waals surface area (Å²) in [6, 6.07) is 4.12. The molecule has 1 fully saturated rings. The normalized spacial score (nSPS) is 19.0. The zero-order valence-corrected chi connectivity index (χ0v) is 14.5. The molecule has 3 nitrogen and oxygen atoms in total. The van der Waals surface area contributed by atoms with Gasteiger partial charge in [-0.1, -0.05) is 15.9 Å². The zero-order chi connectivity index (χ0) is 13.8. The van der Waals surface area contributed by atoms with Crippen molar-refractivity contribution in [1.82, 2.24) is 0 Å². The van der Waals surface area contributed by atoms with Crippen LogP contribution in [0.1, 0.15) is 23.2 Å². The maximum atomic E-state index is 11.9. The van der Waals surface area contributed by atoms with E-state index < -0.39 is 0 Å². The minimum atomic E-state index is -0.326. The van der Waals surface area contributed by atoms with E-state index in [1.807, 2.05) is 17.8 Å². The van der Waals surface area contributed by atoms with Crippen LogP contribution in [0.4, 0.5) is 5.69 Å². The Kier molecular flexibility index (Phi) is 5.59. The summed E-state index contributed by atoms with van der Waals surface area (Å²) in [5.41, 5.74) is 1.38. The summed E-state index contributed by atoms with van der Waals surface area (Å²) < 4.78 is 6.57. The highest BCUT2D eigenvalue weighted by Crippen LogP contribution is 2.33. The average Bonchev–Trinajstić information content (AvgIpc) is 2.42. The zero-order valence-electron chi connectivity index (χ0n) is 10.5. The lowest BCUT2D eigenvalue weighted by Gasteiger charge is -2.25. The monoisotopic (exact) mass is 407 g/mol. The van der Waals surface area contributed by atoms with Crippen LogP contribution in [-0.4, -0.2) is 30.6 Å². The minimum absolute atomic E-state index is 0.326. The van der Waals surface area contributed by atoms with Crippen molar-refractivity contribution in [2.75, 3.05) is 23.9 Å². The molecule has 2 rings (SSSR count). The lowest BCUT2D eigenvalue weighted by atomic mass is 10.1. The number of hydrogen-bond acceptors (Lipinski definition) is 4. The first-order chi connectivity index (χ1) is 9.11. The first kappa shape index (κ1) is 15.2. The van der Waals surface area contributed by atoms with Crippen molar-refractivity contribution >= 4 is 55.3 Å². The molecule has 0 aliphatic carbocycles. The van der Waals surface area contributed by atoms with E-state index in [1.165, 1.54) is 19.3 Å². The summed E-state index contributed by atoms with van der Waals surface area (Å²) in [7, 11) is 1.40. The number of carbonyl (C=O) groups is 1. The Morgan fingerprint density at radius 2 is 2.26 bits per heavy atom. The van der Waals surface area contributed by atoms with E-state index in [4.69, 9.17) is 4.74 Å². The molecule has 1 heterocycles. The van der Waals surface area contributed by atoms with Gasteiger partial charge in [0.15, 0.2) is 0 Å². The molecule has 19 heavy (non-hydrogen) atoms. The van der Waals surface area contributed by atoms with Crippen LogP contribution in [0.25, 0.3) is 0 Å². The fourth-order valence-electron chi connectivity index (χ4n) is 2.05. The third-order valence-electron chi connectivity index (χ3n) is 2.97. The van der Waals surface area contributed by atoms with Gasteiger partial charge in [0.25, 0.3) is 0 Å². The van der Waals surface area contributed by atoms with Gasteiger partial charge in [-0.25, -0.2) is 4.79 Å². The number of thioether (sulfide) groups is 1. The maximum Gasteiger partial charge on any atom is 0.340 e. The number of anilines is 1. The van der Waals surface area contributed by atoms with E-state index in [0.717, 1.165) is 26.8 Å². The van der Waals surface area contributed by atoms with Crippen molar-refractivity contribution in [1.29, 1.82) is 0 Å². The molecule has 0 aromatic heterocycles. The van der Waals surface area contributed by atoms with E-state index in [1.54, 1.807) is 6.07 Å². The van der Waals surface area contributed by atoms with Crippen LogP contribution in [0, 0.1) is 0 Å². The predicted octanol–water partition coefficient (Wildman–Crippen LogP) is 4.31. The fourth-order valence-corrected chi connectivity index (χ4v) is 4.46. The summed E-state index contributed by atoms with van der Waals surface area (Å²) >= 11 is 8.86. The van der Waals surface area contributed by atoms with Crippen LogP contribution >= 0.6 is 43.6 Å². The van der Waals surface area contributed by atoms with Gasteiger partial charge in [-0.05, 0) is 46.7 Å². The van der Waals surface area contributed by atoms with Crippen LogP contribution in [0.15, 0.2) is 21.1 Å². The summed E-state index contributed by atoms with van der Waals surface area (Å²) in [5.74, 6) is 1.97. The van der Waals surface area contributed by atoms with Crippen LogP contribution in [0.3, 0.4) is 0 Å². The number of benzene rings is 1. The maximum absolute atomic E-state index is 11.9. The molecule has 1 aromatic rings. The highest BCUT2D eigenvalue weighted by Gasteiger charge is 2.20. The SMILES string of the molecule is COC(=O)c1cc(Br)cc(Br)c1NC1CCCSC1.